The SMILES string of the molecule is CC(C=O)=CCC(O)CC(C)C. The Morgan fingerprint density at radius 2 is 2.08 bits per heavy atom. The highest BCUT2D eigenvalue weighted by molar-refractivity contribution is 5.71. The number of hydrogen-bond donors (Lipinski definition) is 1. The summed E-state index contributed by atoms with van der Waals surface area (Å²) in [4.78, 5) is 10.2. The van der Waals surface area contributed by atoms with Crippen LogP contribution in [-0.4, -0.2) is 17.5 Å². The van der Waals surface area contributed by atoms with Crippen molar-refractivity contribution in [2.45, 2.75) is 39.7 Å². The third kappa shape index (κ3) is 6.10. The van der Waals surface area contributed by atoms with Gasteiger partial charge in [-0.3, -0.25) is 4.79 Å². The Balaban J connectivity index is 3.70. The van der Waals surface area contributed by atoms with Crippen LogP contribution < -0.4 is 0 Å². The molecule has 1 unspecified atom stereocenters. The van der Waals surface area contributed by atoms with Crippen molar-refractivity contribution >= 4 is 6.29 Å². The van der Waals surface area contributed by atoms with Crippen molar-refractivity contribution in [1.29, 1.82) is 0 Å². The third-order valence-corrected chi connectivity index (χ3v) is 1.64. The molecule has 0 saturated heterocycles. The van der Waals surface area contributed by atoms with E-state index in [1.54, 1.807) is 13.0 Å². The van der Waals surface area contributed by atoms with Gasteiger partial charge in [0.2, 0.25) is 0 Å². The average molecular weight is 170 g/mol. The van der Waals surface area contributed by atoms with E-state index in [0.29, 0.717) is 17.9 Å². The van der Waals surface area contributed by atoms with Crippen LogP contribution in [0.2, 0.25) is 0 Å². The average Bonchev–Trinajstić information content (AvgIpc) is 1.99. The summed E-state index contributed by atoms with van der Waals surface area (Å²) in [5.41, 5.74) is 0.692. The number of aldehydes is 1. The largest absolute Gasteiger partial charge is 0.393 e. The highest BCUT2D eigenvalue weighted by Crippen LogP contribution is 2.08. The van der Waals surface area contributed by atoms with Crippen LogP contribution in [0, 0.1) is 5.92 Å². The van der Waals surface area contributed by atoms with Gasteiger partial charge >= 0.3 is 0 Å². The molecule has 1 atom stereocenters. The molecular formula is C10H18O2. The maximum Gasteiger partial charge on any atom is 0.145 e. The van der Waals surface area contributed by atoms with Crippen molar-refractivity contribution in [1.82, 2.24) is 0 Å². The van der Waals surface area contributed by atoms with Crippen LogP contribution in [0.5, 0.6) is 0 Å². The van der Waals surface area contributed by atoms with E-state index >= 15 is 0 Å². The number of aliphatic hydroxyl groups is 1. The fourth-order valence-electron chi connectivity index (χ4n) is 1.01. The number of carbonyl (C=O) groups excluding carboxylic acids is 1. The molecular weight excluding hydrogens is 152 g/mol. The molecule has 0 aliphatic rings. The highest BCUT2D eigenvalue weighted by atomic mass is 16.3. The lowest BCUT2D eigenvalue weighted by Gasteiger charge is -2.10. The summed E-state index contributed by atoms with van der Waals surface area (Å²) < 4.78 is 0. The Morgan fingerprint density at radius 1 is 1.50 bits per heavy atom. The first kappa shape index (κ1) is 11.4. The van der Waals surface area contributed by atoms with E-state index < -0.39 is 0 Å². The molecule has 2 nitrogen and oxygen atoms in total. The molecule has 0 aromatic heterocycles. The molecule has 0 amide bonds. The first-order chi connectivity index (χ1) is 5.56. The second-order valence-corrected chi connectivity index (χ2v) is 3.59. The van der Waals surface area contributed by atoms with Crippen molar-refractivity contribution in [2.75, 3.05) is 0 Å². The van der Waals surface area contributed by atoms with Gasteiger partial charge in [0.15, 0.2) is 0 Å². The van der Waals surface area contributed by atoms with Gasteiger partial charge in [0.25, 0.3) is 0 Å². The molecule has 0 saturated carbocycles. The molecule has 0 spiro atoms. The summed E-state index contributed by atoms with van der Waals surface area (Å²) in [6.45, 7) is 5.88. The molecule has 70 valence electrons. The minimum Gasteiger partial charge on any atom is -0.393 e. The highest BCUT2D eigenvalue weighted by Gasteiger charge is 2.04. The van der Waals surface area contributed by atoms with Crippen molar-refractivity contribution in [3.8, 4) is 0 Å². The molecule has 0 rings (SSSR count). The minimum atomic E-state index is -0.306. The van der Waals surface area contributed by atoms with E-state index in [1.807, 2.05) is 0 Å². The van der Waals surface area contributed by atoms with Gasteiger partial charge in [-0.25, -0.2) is 0 Å². The Morgan fingerprint density at radius 3 is 2.50 bits per heavy atom. The van der Waals surface area contributed by atoms with Crippen LogP contribution in [-0.2, 0) is 4.79 Å². The summed E-state index contributed by atoms with van der Waals surface area (Å²) in [6.07, 6.45) is 3.66. The fourth-order valence-corrected chi connectivity index (χ4v) is 1.01. The smallest absolute Gasteiger partial charge is 0.145 e. The molecule has 2 heteroatoms. The van der Waals surface area contributed by atoms with Gasteiger partial charge < -0.3 is 5.11 Å². The summed E-state index contributed by atoms with van der Waals surface area (Å²) in [7, 11) is 0. The molecule has 1 N–H and O–H groups in total. The molecule has 0 heterocycles. The Bertz CT molecular complexity index is 159. The van der Waals surface area contributed by atoms with E-state index in [9.17, 15) is 9.90 Å². The van der Waals surface area contributed by atoms with Crippen molar-refractivity contribution in [3.05, 3.63) is 11.6 Å². The minimum absolute atomic E-state index is 0.306. The van der Waals surface area contributed by atoms with Crippen molar-refractivity contribution in [2.24, 2.45) is 5.92 Å². The van der Waals surface area contributed by atoms with E-state index in [4.69, 9.17) is 0 Å². The second kappa shape index (κ2) is 5.95. The first-order valence-corrected chi connectivity index (χ1v) is 4.36. The monoisotopic (exact) mass is 170 g/mol. The summed E-state index contributed by atoms with van der Waals surface area (Å²) in [5.74, 6) is 0.505. The zero-order valence-corrected chi connectivity index (χ0v) is 8.08. The number of aliphatic hydroxyl groups excluding tert-OH is 1. The lowest BCUT2D eigenvalue weighted by atomic mass is 10.0. The number of allylic oxidation sites excluding steroid dienone is 1. The van der Waals surface area contributed by atoms with Crippen molar-refractivity contribution < 1.29 is 9.90 Å². The quantitative estimate of drug-likeness (QED) is 0.505. The zero-order chi connectivity index (χ0) is 9.56. The van der Waals surface area contributed by atoms with Gasteiger partial charge in [-0.1, -0.05) is 19.9 Å². The van der Waals surface area contributed by atoms with Gasteiger partial charge in [-0.05, 0) is 31.3 Å². The standard InChI is InChI=1S/C10H18O2/c1-8(2)6-10(12)5-4-9(3)7-11/h4,7-8,10,12H,5-6H2,1-3H3. The molecule has 12 heavy (non-hydrogen) atoms. The molecule has 0 fully saturated rings. The predicted molar refractivity (Wildman–Crippen MR) is 49.9 cm³/mol. The Hall–Kier alpha value is -0.630. The van der Waals surface area contributed by atoms with Gasteiger partial charge in [-0.15, -0.1) is 0 Å². The zero-order valence-electron chi connectivity index (χ0n) is 8.08. The Kier molecular flexibility index (Phi) is 5.64. The van der Waals surface area contributed by atoms with Crippen LogP contribution in [0.15, 0.2) is 11.6 Å². The van der Waals surface area contributed by atoms with Crippen LogP contribution in [0.3, 0.4) is 0 Å². The lowest BCUT2D eigenvalue weighted by Crippen LogP contribution is -2.08. The van der Waals surface area contributed by atoms with Gasteiger partial charge in [0, 0.05) is 0 Å². The third-order valence-electron chi connectivity index (χ3n) is 1.64. The first-order valence-electron chi connectivity index (χ1n) is 4.36. The van der Waals surface area contributed by atoms with E-state index in [-0.39, 0.29) is 6.10 Å². The normalized spacial score (nSPS) is 14.9. The van der Waals surface area contributed by atoms with Gasteiger partial charge in [-0.2, -0.15) is 0 Å². The summed E-state index contributed by atoms with van der Waals surface area (Å²) >= 11 is 0. The van der Waals surface area contributed by atoms with Crippen LogP contribution in [0.25, 0.3) is 0 Å². The van der Waals surface area contributed by atoms with E-state index in [2.05, 4.69) is 13.8 Å². The molecule has 0 aliphatic heterocycles. The number of carbonyl (C=O) groups is 1. The predicted octanol–water partition coefficient (Wildman–Crippen LogP) is 1.93. The van der Waals surface area contributed by atoms with E-state index in [0.717, 1.165) is 12.7 Å². The Labute approximate surface area is 74.3 Å². The fraction of sp³-hybridized carbons (Fsp3) is 0.700. The lowest BCUT2D eigenvalue weighted by molar-refractivity contribution is -0.104. The van der Waals surface area contributed by atoms with Crippen LogP contribution >= 0.6 is 0 Å². The maximum atomic E-state index is 10.2. The van der Waals surface area contributed by atoms with Gasteiger partial charge in [0.05, 0.1) is 6.10 Å². The number of hydrogen-bond acceptors (Lipinski definition) is 2. The second-order valence-electron chi connectivity index (χ2n) is 3.59. The molecule has 0 aliphatic carbocycles. The molecule has 0 aromatic rings. The molecule has 0 aromatic carbocycles. The summed E-state index contributed by atoms with van der Waals surface area (Å²) in [6, 6.07) is 0. The van der Waals surface area contributed by atoms with E-state index in [1.165, 1.54) is 0 Å². The van der Waals surface area contributed by atoms with Gasteiger partial charge in [0.1, 0.15) is 6.29 Å². The van der Waals surface area contributed by atoms with Crippen LogP contribution in [0.4, 0.5) is 0 Å². The molecule has 0 radical (unpaired) electrons. The maximum absolute atomic E-state index is 10.2. The van der Waals surface area contributed by atoms with Crippen LogP contribution in [0.1, 0.15) is 33.6 Å². The van der Waals surface area contributed by atoms with Crippen molar-refractivity contribution in [3.63, 3.8) is 0 Å². The molecule has 0 bridgehead atoms. The number of rotatable bonds is 5. The summed E-state index contributed by atoms with van der Waals surface area (Å²) in [5, 5.41) is 9.40. The topological polar surface area (TPSA) is 37.3 Å².